The zero-order valence-corrected chi connectivity index (χ0v) is 23.4. The second-order valence-electron chi connectivity index (χ2n) is 12.0. The fourth-order valence-corrected chi connectivity index (χ4v) is 7.84. The van der Waals surface area contributed by atoms with Gasteiger partial charge in [0, 0.05) is 11.5 Å². The minimum absolute atomic E-state index is 0.103. The van der Waals surface area contributed by atoms with Gasteiger partial charge in [-0.15, -0.1) is 0 Å². The Morgan fingerprint density at radius 1 is 0.667 bits per heavy atom. The molecular formula is C35H32N2O5. The van der Waals surface area contributed by atoms with Gasteiger partial charge < -0.3 is 5.11 Å². The number of allylic oxidation sites excluding steroid dienone is 2. The lowest BCUT2D eigenvalue weighted by Gasteiger charge is -2.44. The second kappa shape index (κ2) is 10.1. The van der Waals surface area contributed by atoms with Gasteiger partial charge in [-0.2, -0.15) is 0 Å². The van der Waals surface area contributed by atoms with Crippen molar-refractivity contribution in [3.8, 4) is 5.75 Å². The molecule has 0 bridgehead atoms. The van der Waals surface area contributed by atoms with Crippen LogP contribution >= 0.6 is 0 Å². The summed E-state index contributed by atoms with van der Waals surface area (Å²) in [4.78, 5) is 58.3. The number of aromatic hydroxyl groups is 1. The number of para-hydroxylation sites is 1. The van der Waals surface area contributed by atoms with E-state index in [0.717, 1.165) is 16.7 Å². The van der Waals surface area contributed by atoms with Crippen LogP contribution in [0.1, 0.15) is 41.0 Å². The predicted octanol–water partition coefficient (Wildman–Crippen LogP) is 4.74. The molecule has 6 atom stereocenters. The van der Waals surface area contributed by atoms with Crippen LogP contribution in [0.4, 0.5) is 0 Å². The van der Waals surface area contributed by atoms with Gasteiger partial charge in [-0.1, -0.05) is 90.5 Å². The van der Waals surface area contributed by atoms with Crippen molar-refractivity contribution in [2.75, 3.05) is 0 Å². The van der Waals surface area contributed by atoms with Crippen LogP contribution in [0.2, 0.25) is 0 Å². The second-order valence-corrected chi connectivity index (χ2v) is 12.0. The van der Waals surface area contributed by atoms with E-state index in [9.17, 15) is 24.3 Å². The molecule has 0 radical (unpaired) electrons. The summed E-state index contributed by atoms with van der Waals surface area (Å²) >= 11 is 0. The average molecular weight is 561 g/mol. The Labute approximate surface area is 244 Å². The maximum atomic E-state index is 14.1. The highest BCUT2D eigenvalue weighted by Gasteiger charge is 2.62. The molecule has 7 nitrogen and oxygen atoms in total. The number of amides is 4. The van der Waals surface area contributed by atoms with Gasteiger partial charge in [0.1, 0.15) is 5.75 Å². The number of carbonyl (C=O) groups excluding carboxylic acids is 4. The Balaban J connectivity index is 1.29. The average Bonchev–Trinajstić information content (AvgIpc) is 3.39. The number of hydrogen-bond acceptors (Lipinski definition) is 5. The Hall–Kier alpha value is -4.52. The van der Waals surface area contributed by atoms with Gasteiger partial charge in [0.2, 0.25) is 23.6 Å². The molecule has 3 aromatic carbocycles. The monoisotopic (exact) mass is 560 g/mol. The summed E-state index contributed by atoms with van der Waals surface area (Å²) in [5.41, 5.74) is 3.91. The number of carbonyl (C=O) groups is 4. The first-order valence-corrected chi connectivity index (χ1v) is 14.6. The van der Waals surface area contributed by atoms with Crippen LogP contribution in [0.25, 0.3) is 0 Å². The third-order valence-electron chi connectivity index (χ3n) is 9.80. The van der Waals surface area contributed by atoms with E-state index in [0.29, 0.717) is 24.0 Å². The fraction of sp³-hybridized carbons (Fsp3) is 0.314. The van der Waals surface area contributed by atoms with Crippen molar-refractivity contribution in [3.05, 3.63) is 113 Å². The first-order valence-electron chi connectivity index (χ1n) is 14.6. The first-order chi connectivity index (χ1) is 20.3. The predicted molar refractivity (Wildman–Crippen MR) is 154 cm³/mol. The smallest absolute Gasteiger partial charge is 0.234 e. The maximum absolute atomic E-state index is 14.1. The maximum Gasteiger partial charge on any atom is 0.234 e. The minimum Gasteiger partial charge on any atom is -0.507 e. The zero-order chi connectivity index (χ0) is 29.1. The lowest BCUT2D eigenvalue weighted by atomic mass is 9.57. The summed E-state index contributed by atoms with van der Waals surface area (Å²) < 4.78 is 0. The molecule has 1 saturated carbocycles. The van der Waals surface area contributed by atoms with E-state index in [-0.39, 0.29) is 48.4 Å². The molecule has 212 valence electrons. The van der Waals surface area contributed by atoms with Gasteiger partial charge in [0.05, 0.1) is 36.8 Å². The third kappa shape index (κ3) is 4.02. The van der Waals surface area contributed by atoms with Crippen molar-refractivity contribution in [2.45, 2.75) is 38.8 Å². The summed E-state index contributed by atoms with van der Waals surface area (Å²) in [6.07, 6.45) is 2.74. The summed E-state index contributed by atoms with van der Waals surface area (Å²) in [6.45, 7) is 2.20. The van der Waals surface area contributed by atoms with Crippen LogP contribution < -0.4 is 0 Å². The summed E-state index contributed by atoms with van der Waals surface area (Å²) in [5, 5.41) is 11.2. The van der Waals surface area contributed by atoms with E-state index >= 15 is 0 Å². The highest BCUT2D eigenvalue weighted by molar-refractivity contribution is 6.08. The Kier molecular flexibility index (Phi) is 6.34. The highest BCUT2D eigenvalue weighted by Crippen LogP contribution is 2.59. The van der Waals surface area contributed by atoms with E-state index in [1.165, 1.54) is 9.80 Å². The first kappa shape index (κ1) is 26.4. The molecule has 0 aromatic heterocycles. The van der Waals surface area contributed by atoms with Crippen molar-refractivity contribution in [1.29, 1.82) is 0 Å². The quantitative estimate of drug-likeness (QED) is 0.360. The van der Waals surface area contributed by atoms with Crippen molar-refractivity contribution in [3.63, 3.8) is 0 Å². The number of aryl methyl sites for hydroxylation is 1. The van der Waals surface area contributed by atoms with Crippen molar-refractivity contribution >= 4 is 23.6 Å². The van der Waals surface area contributed by atoms with Crippen LogP contribution in [0.5, 0.6) is 5.75 Å². The summed E-state index contributed by atoms with van der Waals surface area (Å²) in [7, 11) is 0. The number of phenols is 1. The van der Waals surface area contributed by atoms with Crippen molar-refractivity contribution < 1.29 is 24.3 Å². The van der Waals surface area contributed by atoms with Gasteiger partial charge in [0.25, 0.3) is 0 Å². The van der Waals surface area contributed by atoms with Gasteiger partial charge >= 0.3 is 0 Å². The number of benzene rings is 3. The Morgan fingerprint density at radius 2 is 1.24 bits per heavy atom. The normalized spacial score (nSPS) is 28.5. The van der Waals surface area contributed by atoms with Crippen LogP contribution in [0.15, 0.2) is 90.5 Å². The molecular weight excluding hydrogens is 528 g/mol. The number of phenolic OH excluding ortho intramolecular Hbond substituents is 1. The van der Waals surface area contributed by atoms with Crippen molar-refractivity contribution in [1.82, 2.24) is 9.80 Å². The molecule has 0 unspecified atom stereocenters. The molecule has 7 rings (SSSR count). The Morgan fingerprint density at radius 3 is 1.86 bits per heavy atom. The van der Waals surface area contributed by atoms with Gasteiger partial charge in [-0.25, -0.2) is 0 Å². The molecule has 4 amide bonds. The molecule has 0 spiro atoms. The van der Waals surface area contributed by atoms with Gasteiger partial charge in [-0.3, -0.25) is 29.0 Å². The van der Waals surface area contributed by atoms with E-state index in [2.05, 4.69) is 0 Å². The van der Waals surface area contributed by atoms with E-state index < -0.39 is 29.6 Å². The van der Waals surface area contributed by atoms with Gasteiger partial charge in [0.15, 0.2) is 0 Å². The van der Waals surface area contributed by atoms with E-state index in [4.69, 9.17) is 0 Å². The van der Waals surface area contributed by atoms with Gasteiger partial charge in [-0.05, 0) is 42.4 Å². The number of rotatable bonds is 5. The summed E-state index contributed by atoms with van der Waals surface area (Å²) in [6, 6.07) is 24.4. The van der Waals surface area contributed by atoms with Crippen LogP contribution in [-0.4, -0.2) is 38.5 Å². The highest BCUT2D eigenvalue weighted by atomic mass is 16.3. The van der Waals surface area contributed by atoms with E-state index in [1.807, 2.05) is 91.9 Å². The van der Waals surface area contributed by atoms with Crippen LogP contribution in [0.3, 0.4) is 0 Å². The molecule has 2 saturated heterocycles. The number of nitrogens with zero attached hydrogens (tertiary/aromatic N) is 2. The van der Waals surface area contributed by atoms with Crippen LogP contribution in [-0.2, 0) is 32.3 Å². The fourth-order valence-electron chi connectivity index (χ4n) is 7.84. The van der Waals surface area contributed by atoms with E-state index in [1.54, 1.807) is 0 Å². The minimum atomic E-state index is -0.680. The third-order valence-corrected chi connectivity index (χ3v) is 9.80. The molecule has 2 heterocycles. The standard InChI is InChI=1S/C35H32N2O5/c1-20-9-8-14-24(31(20)38)28-23-15-16-25-29(34(41)36(32(25)39)18-21-10-4-2-5-11-21)26(23)17-27-30(28)35(42)37(33(27)40)19-22-12-6-3-7-13-22/h2-15,25-30,38H,16-19H2,1H3/t25-,26+,27+,28+,29-,30+/m0/s1. The largest absolute Gasteiger partial charge is 0.507 e. The topological polar surface area (TPSA) is 95.0 Å². The molecule has 4 aliphatic rings. The molecule has 7 heteroatoms. The molecule has 2 aliphatic heterocycles. The molecule has 3 fully saturated rings. The van der Waals surface area contributed by atoms with Crippen molar-refractivity contribution in [2.24, 2.45) is 29.6 Å². The number of fused-ring (bicyclic) bond motifs is 4. The number of hydrogen-bond donors (Lipinski definition) is 1. The lowest BCUT2D eigenvalue weighted by Crippen LogP contribution is -2.43. The summed E-state index contributed by atoms with van der Waals surface area (Å²) in [5.74, 6) is -4.13. The molecule has 3 aromatic rings. The Bertz CT molecular complexity index is 1630. The lowest BCUT2D eigenvalue weighted by molar-refractivity contribution is -0.142. The SMILES string of the molecule is Cc1cccc([C@H]2C3=CC[C@@H]4C(=O)N(Cc5ccccc5)C(=O)[C@@H]4[C@@H]3C[C@H]3C(=O)N(Cc4ccccc4)C(=O)[C@@H]23)c1O. The molecule has 1 N–H and O–H groups in total. The number of likely N-dealkylation sites (tertiary alicyclic amines) is 2. The number of imide groups is 2. The molecule has 2 aliphatic carbocycles. The zero-order valence-electron chi connectivity index (χ0n) is 23.4. The van der Waals surface area contributed by atoms with Crippen LogP contribution in [0, 0.1) is 36.5 Å². The molecule has 42 heavy (non-hydrogen) atoms.